The van der Waals surface area contributed by atoms with Crippen molar-refractivity contribution in [3.8, 4) is 5.88 Å². The maximum absolute atomic E-state index is 13.5. The van der Waals surface area contributed by atoms with Crippen LogP contribution in [0.15, 0.2) is 30.5 Å². The molecule has 2 fully saturated rings. The summed E-state index contributed by atoms with van der Waals surface area (Å²) < 4.78 is 35.8. The zero-order chi connectivity index (χ0) is 22.5. The second kappa shape index (κ2) is 7.76. The lowest BCUT2D eigenvalue weighted by atomic mass is 9.77. The van der Waals surface area contributed by atoms with Crippen molar-refractivity contribution in [1.82, 2.24) is 9.71 Å². The summed E-state index contributed by atoms with van der Waals surface area (Å²) in [5.41, 5.74) is 3.62. The minimum absolute atomic E-state index is 0.355. The number of hydrogen-bond acceptors (Lipinski definition) is 5. The zero-order valence-electron chi connectivity index (χ0n) is 18.6. The van der Waals surface area contributed by atoms with E-state index in [0.29, 0.717) is 36.9 Å². The van der Waals surface area contributed by atoms with E-state index < -0.39 is 21.5 Å². The van der Waals surface area contributed by atoms with Crippen molar-refractivity contribution in [2.45, 2.75) is 63.2 Å². The van der Waals surface area contributed by atoms with E-state index in [1.54, 1.807) is 13.2 Å². The number of methoxy groups -OCH3 is 1. The molecule has 0 unspecified atom stereocenters. The van der Waals surface area contributed by atoms with Gasteiger partial charge in [-0.1, -0.05) is 24.6 Å². The second-order valence-corrected chi connectivity index (χ2v) is 10.8. The number of hydrogen-bond donors (Lipinski definition) is 1. The number of benzene rings is 1. The molecule has 1 aromatic carbocycles. The minimum atomic E-state index is -4.03. The van der Waals surface area contributed by atoms with Gasteiger partial charge in [-0.3, -0.25) is 9.10 Å². The lowest BCUT2D eigenvalue weighted by molar-refractivity contribution is -0.121. The molecular weight excluding hydrogens is 426 g/mol. The number of fused-ring (bicyclic) bond motifs is 1. The molecule has 1 amide bonds. The Bertz CT molecular complexity index is 1170. The molecule has 170 valence electrons. The topological polar surface area (TPSA) is 88.6 Å². The Morgan fingerprint density at radius 3 is 2.62 bits per heavy atom. The summed E-state index contributed by atoms with van der Waals surface area (Å²) in [6, 6.07) is 7.46. The highest BCUT2D eigenvalue weighted by Crippen LogP contribution is 2.54. The van der Waals surface area contributed by atoms with Crippen LogP contribution < -0.4 is 13.8 Å². The number of ether oxygens (including phenoxy) is 1. The van der Waals surface area contributed by atoms with Crippen LogP contribution in [0.2, 0.25) is 0 Å². The number of aryl methyl sites for hydroxylation is 1. The number of aromatic nitrogens is 1. The molecule has 32 heavy (non-hydrogen) atoms. The Kier molecular flexibility index (Phi) is 5.15. The van der Waals surface area contributed by atoms with Crippen LogP contribution in [0.5, 0.6) is 5.88 Å². The molecule has 1 aliphatic heterocycles. The first kappa shape index (κ1) is 21.2. The Morgan fingerprint density at radius 1 is 1.22 bits per heavy atom. The molecule has 2 saturated carbocycles. The predicted molar refractivity (Wildman–Crippen MR) is 122 cm³/mol. The summed E-state index contributed by atoms with van der Waals surface area (Å²) in [6.07, 6.45) is 8.01. The Morgan fingerprint density at radius 2 is 1.97 bits per heavy atom. The Hall–Kier alpha value is -2.61. The van der Waals surface area contributed by atoms with Gasteiger partial charge in [0.25, 0.3) is 0 Å². The van der Waals surface area contributed by atoms with E-state index in [2.05, 4.69) is 9.71 Å². The lowest BCUT2D eigenvalue weighted by Crippen LogP contribution is -2.49. The third kappa shape index (κ3) is 3.36. The zero-order valence-corrected chi connectivity index (χ0v) is 19.4. The fourth-order valence-corrected chi connectivity index (χ4v) is 6.52. The van der Waals surface area contributed by atoms with E-state index in [1.807, 2.05) is 31.3 Å². The molecule has 1 aromatic heterocycles. The predicted octanol–water partition coefficient (Wildman–Crippen LogP) is 3.51. The average Bonchev–Trinajstić information content (AvgIpc) is 3.54. The molecular formula is C24H29N3O4S. The van der Waals surface area contributed by atoms with Crippen LogP contribution in [0.25, 0.3) is 0 Å². The number of pyridine rings is 1. The highest BCUT2D eigenvalue weighted by atomic mass is 32.2. The number of nitrogens with zero attached hydrogens (tertiary/aromatic N) is 2. The van der Waals surface area contributed by atoms with E-state index in [1.165, 1.54) is 10.7 Å². The molecule has 0 radical (unpaired) electrons. The molecule has 1 N–H and O–H groups in total. The van der Waals surface area contributed by atoms with E-state index >= 15 is 0 Å². The molecule has 8 heteroatoms. The minimum Gasteiger partial charge on any atom is -0.481 e. The quantitative estimate of drug-likeness (QED) is 0.720. The maximum atomic E-state index is 13.5. The van der Waals surface area contributed by atoms with Gasteiger partial charge in [0.2, 0.25) is 11.8 Å². The average molecular weight is 456 g/mol. The van der Waals surface area contributed by atoms with Crippen LogP contribution >= 0.6 is 0 Å². The van der Waals surface area contributed by atoms with Gasteiger partial charge >= 0.3 is 10.2 Å². The first-order valence-corrected chi connectivity index (χ1v) is 12.8. The van der Waals surface area contributed by atoms with Gasteiger partial charge in [0.15, 0.2) is 0 Å². The summed E-state index contributed by atoms with van der Waals surface area (Å²) >= 11 is 0. The molecule has 5 rings (SSSR count). The monoisotopic (exact) mass is 455 g/mol. The Balaban J connectivity index is 1.47. The van der Waals surface area contributed by atoms with Crippen molar-refractivity contribution in [2.24, 2.45) is 0 Å². The first-order valence-electron chi connectivity index (χ1n) is 11.3. The number of carbonyl (C=O) groups excluding carboxylic acids is 1. The maximum Gasteiger partial charge on any atom is 0.326 e. The molecule has 2 aromatic rings. The van der Waals surface area contributed by atoms with Gasteiger partial charge < -0.3 is 4.74 Å². The van der Waals surface area contributed by atoms with E-state index in [4.69, 9.17) is 4.74 Å². The summed E-state index contributed by atoms with van der Waals surface area (Å²) in [7, 11) is -2.48. The molecule has 7 nitrogen and oxygen atoms in total. The van der Waals surface area contributed by atoms with Crippen molar-refractivity contribution in [2.75, 3.05) is 18.0 Å². The summed E-state index contributed by atoms with van der Waals surface area (Å²) in [4.78, 5) is 18.0. The normalized spacial score (nSPS) is 19.6. The van der Waals surface area contributed by atoms with Gasteiger partial charge in [0.1, 0.15) is 0 Å². The van der Waals surface area contributed by atoms with Crippen molar-refractivity contribution in [3.05, 3.63) is 52.7 Å². The van der Waals surface area contributed by atoms with Crippen molar-refractivity contribution >= 4 is 21.8 Å². The van der Waals surface area contributed by atoms with Crippen LogP contribution in [-0.4, -0.2) is 33.0 Å². The van der Waals surface area contributed by atoms with E-state index in [0.717, 1.165) is 47.9 Å². The van der Waals surface area contributed by atoms with Crippen molar-refractivity contribution < 1.29 is 17.9 Å². The van der Waals surface area contributed by atoms with Gasteiger partial charge in [-0.2, -0.15) is 8.42 Å². The smallest absolute Gasteiger partial charge is 0.326 e. The SMILES string of the molecule is COc1ncc(C2CCC2)c(C)c1C1(C(=O)NS(=O)(=O)N2CCCc3ccccc32)CC1. The van der Waals surface area contributed by atoms with Crippen molar-refractivity contribution in [3.63, 3.8) is 0 Å². The molecule has 0 atom stereocenters. The lowest BCUT2D eigenvalue weighted by Gasteiger charge is -2.32. The number of anilines is 1. The molecule has 2 heterocycles. The second-order valence-electron chi connectivity index (χ2n) is 9.17. The van der Waals surface area contributed by atoms with Gasteiger partial charge in [-0.15, -0.1) is 0 Å². The van der Waals surface area contributed by atoms with Gasteiger partial charge in [-0.05, 0) is 74.1 Å². The number of rotatable bonds is 6. The fourth-order valence-electron chi connectivity index (χ4n) is 5.18. The van der Waals surface area contributed by atoms with E-state index in [-0.39, 0.29) is 0 Å². The van der Waals surface area contributed by atoms with Gasteiger partial charge in [0, 0.05) is 18.3 Å². The molecule has 2 aliphatic carbocycles. The van der Waals surface area contributed by atoms with Crippen LogP contribution in [-0.2, 0) is 26.8 Å². The fraction of sp³-hybridized carbons (Fsp3) is 0.500. The van der Waals surface area contributed by atoms with Crippen LogP contribution in [0.3, 0.4) is 0 Å². The summed E-state index contributed by atoms with van der Waals surface area (Å²) in [5, 5.41) is 0. The number of carbonyl (C=O) groups is 1. The number of para-hydroxylation sites is 1. The Labute approximate surface area is 189 Å². The van der Waals surface area contributed by atoms with Gasteiger partial charge in [0.05, 0.1) is 18.2 Å². The molecule has 0 spiro atoms. The van der Waals surface area contributed by atoms with E-state index in [9.17, 15) is 13.2 Å². The third-order valence-corrected chi connectivity index (χ3v) is 8.73. The summed E-state index contributed by atoms with van der Waals surface area (Å²) in [6.45, 7) is 2.36. The van der Waals surface area contributed by atoms with Gasteiger partial charge in [-0.25, -0.2) is 9.71 Å². The number of amides is 1. The largest absolute Gasteiger partial charge is 0.481 e. The van der Waals surface area contributed by atoms with Crippen LogP contribution in [0.1, 0.15) is 66.7 Å². The standard InChI is InChI=1S/C24H29N3O4S/c1-16-19(17-8-5-9-17)15-25-22(31-2)21(16)24(12-13-24)23(28)26-32(29,30)27-14-6-10-18-7-3-4-11-20(18)27/h3-4,7,11,15,17H,5-6,8-10,12-14H2,1-2H3,(H,26,28). The number of nitrogens with one attached hydrogen (secondary N) is 1. The molecule has 0 bridgehead atoms. The third-order valence-electron chi connectivity index (χ3n) is 7.32. The molecule has 0 saturated heterocycles. The first-order chi connectivity index (χ1) is 15.4. The highest BCUT2D eigenvalue weighted by Gasteiger charge is 2.56. The highest BCUT2D eigenvalue weighted by molar-refractivity contribution is 7.91. The summed E-state index contributed by atoms with van der Waals surface area (Å²) in [5.74, 6) is 0.382. The van der Waals surface area contributed by atoms with Crippen LogP contribution in [0.4, 0.5) is 5.69 Å². The van der Waals surface area contributed by atoms with Crippen molar-refractivity contribution in [1.29, 1.82) is 0 Å². The van der Waals surface area contributed by atoms with Crippen LogP contribution in [0, 0.1) is 6.92 Å². The molecule has 3 aliphatic rings.